The zero-order valence-electron chi connectivity index (χ0n) is 8.21. The molecule has 0 spiro atoms. The maximum atomic E-state index is 10.7. The Balaban J connectivity index is 2.58. The van der Waals surface area contributed by atoms with Gasteiger partial charge < -0.3 is 10.6 Å². The summed E-state index contributed by atoms with van der Waals surface area (Å²) in [5, 5.41) is 5.85. The number of nitrogens with one attached hydrogen (secondary N) is 2. The first kappa shape index (κ1) is 10.3. The molecule has 0 radical (unpaired) electrons. The van der Waals surface area contributed by atoms with E-state index in [1.807, 2.05) is 24.3 Å². The van der Waals surface area contributed by atoms with Crippen LogP contribution in [0.3, 0.4) is 0 Å². The van der Waals surface area contributed by atoms with Crippen LogP contribution in [0.25, 0.3) is 0 Å². The number of hydrogen-bond donors (Lipinski definition) is 2. The van der Waals surface area contributed by atoms with Crippen LogP contribution < -0.4 is 10.6 Å². The molecule has 0 saturated heterocycles. The highest BCUT2D eigenvalue weighted by Crippen LogP contribution is 2.12. The fourth-order valence-electron chi connectivity index (χ4n) is 1.06. The van der Waals surface area contributed by atoms with Gasteiger partial charge in [-0.3, -0.25) is 4.79 Å². The Hall–Kier alpha value is -1.77. The van der Waals surface area contributed by atoms with E-state index in [1.165, 1.54) is 6.92 Å². The third kappa shape index (κ3) is 3.31. The number of anilines is 2. The quantitative estimate of drug-likeness (QED) is 0.715. The number of amides is 1. The van der Waals surface area contributed by atoms with E-state index in [1.54, 1.807) is 6.08 Å². The van der Waals surface area contributed by atoms with Gasteiger partial charge in [0.2, 0.25) is 5.91 Å². The molecular formula is C11H14N2O. The predicted octanol–water partition coefficient (Wildman–Crippen LogP) is 2.24. The van der Waals surface area contributed by atoms with Crippen LogP contribution in [0, 0.1) is 0 Å². The standard InChI is InChI=1S/C11H14N2O/c1-3-8-12-10-4-6-11(7-5-10)13-9(2)14/h3-7,12H,1,8H2,2H3,(H,13,14). The molecule has 0 heterocycles. The Morgan fingerprint density at radius 1 is 1.36 bits per heavy atom. The molecule has 1 aromatic rings. The first-order valence-corrected chi connectivity index (χ1v) is 4.45. The minimum atomic E-state index is -0.0585. The summed E-state index contributed by atoms with van der Waals surface area (Å²) >= 11 is 0. The second kappa shape index (κ2) is 5.07. The van der Waals surface area contributed by atoms with Crippen molar-refractivity contribution in [1.29, 1.82) is 0 Å². The molecule has 0 saturated carbocycles. The number of carbonyl (C=O) groups is 1. The second-order valence-electron chi connectivity index (χ2n) is 2.93. The van der Waals surface area contributed by atoms with Crippen molar-refractivity contribution in [3.8, 4) is 0 Å². The second-order valence-corrected chi connectivity index (χ2v) is 2.93. The topological polar surface area (TPSA) is 41.1 Å². The lowest BCUT2D eigenvalue weighted by atomic mass is 10.3. The van der Waals surface area contributed by atoms with Crippen molar-refractivity contribution in [2.75, 3.05) is 17.2 Å². The summed E-state index contributed by atoms with van der Waals surface area (Å²) < 4.78 is 0. The molecule has 1 rings (SSSR count). The number of benzene rings is 1. The first-order valence-electron chi connectivity index (χ1n) is 4.45. The van der Waals surface area contributed by atoms with E-state index in [9.17, 15) is 4.79 Å². The summed E-state index contributed by atoms with van der Waals surface area (Å²) in [5.41, 5.74) is 1.82. The van der Waals surface area contributed by atoms with Crippen molar-refractivity contribution >= 4 is 17.3 Å². The van der Waals surface area contributed by atoms with Crippen molar-refractivity contribution in [3.63, 3.8) is 0 Å². The van der Waals surface area contributed by atoms with Crippen molar-refractivity contribution in [2.24, 2.45) is 0 Å². The van der Waals surface area contributed by atoms with Gasteiger partial charge in [0.05, 0.1) is 0 Å². The minimum Gasteiger partial charge on any atom is -0.382 e. The van der Waals surface area contributed by atoms with Crippen LogP contribution in [-0.4, -0.2) is 12.5 Å². The zero-order valence-corrected chi connectivity index (χ0v) is 8.21. The van der Waals surface area contributed by atoms with E-state index in [4.69, 9.17) is 0 Å². The fraction of sp³-hybridized carbons (Fsp3) is 0.182. The Kier molecular flexibility index (Phi) is 3.73. The lowest BCUT2D eigenvalue weighted by Gasteiger charge is -2.05. The zero-order chi connectivity index (χ0) is 10.4. The number of carbonyl (C=O) groups excluding carboxylic acids is 1. The van der Waals surface area contributed by atoms with E-state index < -0.39 is 0 Å². The monoisotopic (exact) mass is 190 g/mol. The summed E-state index contributed by atoms with van der Waals surface area (Å²) in [6, 6.07) is 7.53. The summed E-state index contributed by atoms with van der Waals surface area (Å²) in [7, 11) is 0. The van der Waals surface area contributed by atoms with E-state index in [0.29, 0.717) is 0 Å². The molecular weight excluding hydrogens is 176 g/mol. The van der Waals surface area contributed by atoms with Crippen molar-refractivity contribution in [3.05, 3.63) is 36.9 Å². The molecule has 0 aromatic heterocycles. The Morgan fingerprint density at radius 3 is 2.43 bits per heavy atom. The fourth-order valence-corrected chi connectivity index (χ4v) is 1.06. The summed E-state index contributed by atoms with van der Waals surface area (Å²) in [6.07, 6.45) is 1.79. The molecule has 0 bridgehead atoms. The van der Waals surface area contributed by atoms with Crippen LogP contribution in [0.2, 0.25) is 0 Å². The van der Waals surface area contributed by atoms with E-state index in [-0.39, 0.29) is 5.91 Å². The lowest BCUT2D eigenvalue weighted by Crippen LogP contribution is -2.05. The highest BCUT2D eigenvalue weighted by Gasteiger charge is 1.94. The molecule has 0 aliphatic heterocycles. The van der Waals surface area contributed by atoms with E-state index in [0.717, 1.165) is 17.9 Å². The molecule has 74 valence electrons. The average Bonchev–Trinajstić information content (AvgIpc) is 2.16. The molecule has 0 aliphatic carbocycles. The molecule has 3 heteroatoms. The van der Waals surface area contributed by atoms with Gasteiger partial charge in [-0.25, -0.2) is 0 Å². The number of hydrogen-bond acceptors (Lipinski definition) is 2. The van der Waals surface area contributed by atoms with Crippen molar-refractivity contribution in [2.45, 2.75) is 6.92 Å². The number of rotatable bonds is 4. The Labute approximate surface area is 83.8 Å². The van der Waals surface area contributed by atoms with Gasteiger partial charge in [-0.15, -0.1) is 6.58 Å². The Bertz CT molecular complexity index is 317. The SMILES string of the molecule is C=CCNc1ccc(NC(C)=O)cc1. The van der Waals surface area contributed by atoms with Crippen molar-refractivity contribution < 1.29 is 4.79 Å². The van der Waals surface area contributed by atoms with Crippen LogP contribution in [-0.2, 0) is 4.79 Å². The van der Waals surface area contributed by atoms with Crippen LogP contribution >= 0.6 is 0 Å². The molecule has 0 fully saturated rings. The smallest absolute Gasteiger partial charge is 0.221 e. The summed E-state index contributed by atoms with van der Waals surface area (Å²) in [4.78, 5) is 10.7. The van der Waals surface area contributed by atoms with Crippen LogP contribution in [0.4, 0.5) is 11.4 Å². The largest absolute Gasteiger partial charge is 0.382 e. The van der Waals surface area contributed by atoms with Gasteiger partial charge in [0.1, 0.15) is 0 Å². The highest BCUT2D eigenvalue weighted by atomic mass is 16.1. The van der Waals surface area contributed by atoms with Crippen LogP contribution in [0.15, 0.2) is 36.9 Å². The normalized spacial score (nSPS) is 9.21. The van der Waals surface area contributed by atoms with Gasteiger partial charge in [-0.05, 0) is 24.3 Å². The molecule has 14 heavy (non-hydrogen) atoms. The molecule has 3 nitrogen and oxygen atoms in total. The Morgan fingerprint density at radius 2 is 1.93 bits per heavy atom. The maximum absolute atomic E-state index is 10.7. The van der Waals surface area contributed by atoms with Gasteiger partial charge in [0.25, 0.3) is 0 Å². The third-order valence-corrected chi connectivity index (χ3v) is 1.66. The summed E-state index contributed by atoms with van der Waals surface area (Å²) in [6.45, 7) is 5.84. The highest BCUT2D eigenvalue weighted by molar-refractivity contribution is 5.88. The summed E-state index contributed by atoms with van der Waals surface area (Å²) in [5.74, 6) is -0.0585. The van der Waals surface area contributed by atoms with Gasteiger partial charge in [0, 0.05) is 24.8 Å². The molecule has 0 atom stereocenters. The molecule has 2 N–H and O–H groups in total. The lowest BCUT2D eigenvalue weighted by molar-refractivity contribution is -0.114. The maximum Gasteiger partial charge on any atom is 0.221 e. The minimum absolute atomic E-state index is 0.0585. The van der Waals surface area contributed by atoms with Gasteiger partial charge >= 0.3 is 0 Å². The molecule has 0 unspecified atom stereocenters. The van der Waals surface area contributed by atoms with Crippen LogP contribution in [0.1, 0.15) is 6.92 Å². The predicted molar refractivity (Wildman–Crippen MR) is 59.4 cm³/mol. The molecule has 0 aliphatic rings. The van der Waals surface area contributed by atoms with E-state index >= 15 is 0 Å². The molecule has 1 aromatic carbocycles. The third-order valence-electron chi connectivity index (χ3n) is 1.66. The first-order chi connectivity index (χ1) is 6.72. The molecule has 1 amide bonds. The van der Waals surface area contributed by atoms with Gasteiger partial charge in [-0.2, -0.15) is 0 Å². The van der Waals surface area contributed by atoms with Gasteiger partial charge in [0.15, 0.2) is 0 Å². The average molecular weight is 190 g/mol. The van der Waals surface area contributed by atoms with E-state index in [2.05, 4.69) is 17.2 Å². The van der Waals surface area contributed by atoms with Crippen LogP contribution in [0.5, 0.6) is 0 Å². The van der Waals surface area contributed by atoms with Crippen molar-refractivity contribution in [1.82, 2.24) is 0 Å². The van der Waals surface area contributed by atoms with Gasteiger partial charge in [-0.1, -0.05) is 6.08 Å².